The van der Waals surface area contributed by atoms with E-state index in [0.29, 0.717) is 5.57 Å². The Morgan fingerprint density at radius 3 is 1.90 bits per heavy atom. The van der Waals surface area contributed by atoms with Crippen molar-refractivity contribution in [1.82, 2.24) is 4.90 Å². The predicted molar refractivity (Wildman–Crippen MR) is 77.4 cm³/mol. The molecule has 0 saturated heterocycles. The lowest BCUT2D eigenvalue weighted by atomic mass is 10.1. The van der Waals surface area contributed by atoms with Crippen LogP contribution in [-0.4, -0.2) is 22.5 Å². The topological polar surface area (TPSA) is 54.5 Å². The van der Waals surface area contributed by atoms with Gasteiger partial charge in [-0.1, -0.05) is 36.9 Å². The molecule has 4 heteroatoms. The molecule has 1 rings (SSSR count). The van der Waals surface area contributed by atoms with Crippen molar-refractivity contribution in [2.45, 2.75) is 20.8 Å². The average Bonchev–Trinajstić information content (AvgIpc) is 2.37. The van der Waals surface area contributed by atoms with E-state index in [0.717, 1.165) is 10.5 Å². The van der Waals surface area contributed by atoms with Gasteiger partial charge in [-0.25, -0.2) is 4.90 Å². The second-order valence-electron chi connectivity index (χ2n) is 4.35. The van der Waals surface area contributed by atoms with Gasteiger partial charge in [0.1, 0.15) is 0 Å². The molecule has 104 valence electrons. The van der Waals surface area contributed by atoms with Crippen molar-refractivity contribution in [3.05, 3.63) is 54.2 Å². The first-order valence-electron chi connectivity index (χ1n) is 6.12. The fourth-order valence-electron chi connectivity index (χ4n) is 1.79. The van der Waals surface area contributed by atoms with Crippen LogP contribution < -0.4 is 0 Å². The monoisotopic (exact) mass is 271 g/mol. The van der Waals surface area contributed by atoms with Gasteiger partial charge in [0.2, 0.25) is 11.8 Å². The summed E-state index contributed by atoms with van der Waals surface area (Å²) in [7, 11) is 0. The van der Waals surface area contributed by atoms with Gasteiger partial charge in [0.05, 0.1) is 5.70 Å². The number of nitrogens with zero attached hydrogens (tertiary/aromatic N) is 1. The molecule has 0 atom stereocenters. The van der Waals surface area contributed by atoms with Gasteiger partial charge in [-0.2, -0.15) is 0 Å². The van der Waals surface area contributed by atoms with Gasteiger partial charge in [0.15, 0.2) is 5.78 Å². The third kappa shape index (κ3) is 3.75. The maximum atomic E-state index is 11.7. The quantitative estimate of drug-likeness (QED) is 0.624. The van der Waals surface area contributed by atoms with Crippen molar-refractivity contribution in [3.63, 3.8) is 0 Å². The lowest BCUT2D eigenvalue weighted by molar-refractivity contribution is -0.141. The van der Waals surface area contributed by atoms with Crippen LogP contribution in [0.15, 0.2) is 48.7 Å². The van der Waals surface area contributed by atoms with E-state index in [1.54, 1.807) is 0 Å². The van der Waals surface area contributed by atoms with E-state index >= 15 is 0 Å². The summed E-state index contributed by atoms with van der Waals surface area (Å²) in [6.45, 7) is 7.66. The number of hydrogen-bond donors (Lipinski definition) is 0. The zero-order chi connectivity index (χ0) is 15.3. The normalized spacial score (nSPS) is 10.8. The smallest absolute Gasteiger partial charge is 0.230 e. The molecule has 4 nitrogen and oxygen atoms in total. The molecule has 0 aromatic heterocycles. The van der Waals surface area contributed by atoms with E-state index in [4.69, 9.17) is 0 Å². The molecule has 20 heavy (non-hydrogen) atoms. The van der Waals surface area contributed by atoms with Gasteiger partial charge in [-0.15, -0.1) is 0 Å². The molecule has 0 bridgehead atoms. The van der Waals surface area contributed by atoms with E-state index in [9.17, 15) is 14.4 Å². The highest BCUT2D eigenvalue weighted by molar-refractivity contribution is 6.06. The molecular weight excluding hydrogens is 254 g/mol. The minimum Gasteiger partial charge on any atom is -0.293 e. The first kappa shape index (κ1) is 15.6. The van der Waals surface area contributed by atoms with Crippen molar-refractivity contribution in [3.8, 4) is 0 Å². The molecular formula is C16H17NO3. The van der Waals surface area contributed by atoms with Gasteiger partial charge < -0.3 is 0 Å². The van der Waals surface area contributed by atoms with E-state index in [1.165, 1.54) is 26.8 Å². The molecule has 0 spiro atoms. The summed E-state index contributed by atoms with van der Waals surface area (Å²) in [4.78, 5) is 35.6. The Morgan fingerprint density at radius 2 is 1.50 bits per heavy atom. The zero-order valence-corrected chi connectivity index (χ0v) is 11.8. The minimum atomic E-state index is -0.500. The summed E-state index contributed by atoms with van der Waals surface area (Å²) in [5, 5.41) is 0. The number of imide groups is 1. The number of Topliss-reactive ketones (excluding diaryl/α,β-unsaturated/α-hetero) is 1. The van der Waals surface area contributed by atoms with Gasteiger partial charge >= 0.3 is 0 Å². The molecule has 0 aliphatic carbocycles. The number of ketones is 1. The molecule has 0 unspecified atom stereocenters. The van der Waals surface area contributed by atoms with Crippen LogP contribution in [0.1, 0.15) is 26.3 Å². The first-order valence-corrected chi connectivity index (χ1v) is 6.12. The Bertz CT molecular complexity index is 571. The molecule has 0 N–H and O–H groups in total. The predicted octanol–water partition coefficient (Wildman–Crippen LogP) is 2.57. The van der Waals surface area contributed by atoms with Crippen LogP contribution in [0.2, 0.25) is 0 Å². The summed E-state index contributed by atoms with van der Waals surface area (Å²) in [6.07, 6.45) is 1.46. The van der Waals surface area contributed by atoms with Gasteiger partial charge in [0, 0.05) is 20.8 Å². The molecule has 0 aliphatic heterocycles. The molecule has 0 saturated carbocycles. The number of carbonyl (C=O) groups is 3. The van der Waals surface area contributed by atoms with Gasteiger partial charge in [0.25, 0.3) is 0 Å². The standard InChI is InChI=1S/C16H17NO3/c1-11(15-8-6-5-7-9-15)10-16(12(2)18)17(13(3)19)14(4)20/h5-10H,1H2,2-4H3. The van der Waals surface area contributed by atoms with Crippen molar-refractivity contribution >= 4 is 23.2 Å². The molecule has 1 aromatic rings. The largest absolute Gasteiger partial charge is 0.293 e. The lowest BCUT2D eigenvalue weighted by Crippen LogP contribution is -2.35. The molecule has 2 amide bonds. The molecule has 0 aliphatic rings. The third-order valence-electron chi connectivity index (χ3n) is 2.69. The lowest BCUT2D eigenvalue weighted by Gasteiger charge is -2.19. The zero-order valence-electron chi connectivity index (χ0n) is 11.8. The Hall–Kier alpha value is -2.49. The second kappa shape index (κ2) is 6.61. The number of hydrogen-bond acceptors (Lipinski definition) is 3. The van der Waals surface area contributed by atoms with E-state index in [-0.39, 0.29) is 11.5 Å². The Balaban J connectivity index is 3.23. The number of rotatable bonds is 4. The number of allylic oxidation sites excluding steroid dienone is 3. The maximum Gasteiger partial charge on any atom is 0.230 e. The van der Waals surface area contributed by atoms with E-state index < -0.39 is 11.8 Å². The molecule has 0 radical (unpaired) electrons. The number of benzene rings is 1. The Kier molecular flexibility index (Phi) is 5.15. The van der Waals surface area contributed by atoms with Gasteiger partial charge in [-0.3, -0.25) is 14.4 Å². The van der Waals surface area contributed by atoms with Crippen LogP contribution >= 0.6 is 0 Å². The average molecular weight is 271 g/mol. The second-order valence-corrected chi connectivity index (χ2v) is 4.35. The van der Waals surface area contributed by atoms with Crippen LogP contribution in [0.5, 0.6) is 0 Å². The van der Waals surface area contributed by atoms with Crippen molar-refractivity contribution < 1.29 is 14.4 Å². The van der Waals surface area contributed by atoms with Gasteiger partial charge in [-0.05, 0) is 17.2 Å². The Labute approximate surface area is 118 Å². The fourth-order valence-corrected chi connectivity index (χ4v) is 1.79. The van der Waals surface area contributed by atoms with Crippen molar-refractivity contribution in [2.24, 2.45) is 0 Å². The summed E-state index contributed by atoms with van der Waals surface area (Å²) >= 11 is 0. The summed E-state index contributed by atoms with van der Waals surface area (Å²) in [5.74, 6) is -1.37. The fraction of sp³-hybridized carbons (Fsp3) is 0.188. The Morgan fingerprint density at radius 1 is 1.00 bits per heavy atom. The maximum absolute atomic E-state index is 11.7. The first-order chi connectivity index (χ1) is 9.34. The minimum absolute atomic E-state index is 0.0267. The summed E-state index contributed by atoms with van der Waals surface area (Å²) < 4.78 is 0. The summed E-state index contributed by atoms with van der Waals surface area (Å²) in [5.41, 5.74) is 1.40. The summed E-state index contributed by atoms with van der Waals surface area (Å²) in [6, 6.07) is 9.22. The van der Waals surface area contributed by atoms with Crippen LogP contribution in [0.3, 0.4) is 0 Å². The molecule has 1 aromatic carbocycles. The van der Waals surface area contributed by atoms with Crippen LogP contribution in [0.25, 0.3) is 5.57 Å². The van der Waals surface area contributed by atoms with Crippen LogP contribution in [-0.2, 0) is 14.4 Å². The highest BCUT2D eigenvalue weighted by Gasteiger charge is 2.22. The number of carbonyl (C=O) groups excluding carboxylic acids is 3. The SMILES string of the molecule is C=C(C=C(C(C)=O)N(C(C)=O)C(C)=O)c1ccccc1. The van der Waals surface area contributed by atoms with Crippen LogP contribution in [0.4, 0.5) is 0 Å². The highest BCUT2D eigenvalue weighted by atomic mass is 16.2. The van der Waals surface area contributed by atoms with E-state index in [1.807, 2.05) is 30.3 Å². The molecule has 0 heterocycles. The van der Waals surface area contributed by atoms with Crippen molar-refractivity contribution in [2.75, 3.05) is 0 Å². The third-order valence-corrected chi connectivity index (χ3v) is 2.69. The number of amides is 2. The molecule has 0 fully saturated rings. The highest BCUT2D eigenvalue weighted by Crippen LogP contribution is 2.18. The van der Waals surface area contributed by atoms with E-state index in [2.05, 4.69) is 6.58 Å². The van der Waals surface area contributed by atoms with Crippen LogP contribution in [0, 0.1) is 0 Å². The van der Waals surface area contributed by atoms with Crippen molar-refractivity contribution in [1.29, 1.82) is 0 Å².